The zero-order valence-corrected chi connectivity index (χ0v) is 6.07. The normalized spacial score (nSPS) is 48.0. The van der Waals surface area contributed by atoms with E-state index in [0.29, 0.717) is 0 Å². The molecule has 0 aromatic carbocycles. The van der Waals surface area contributed by atoms with E-state index in [2.05, 4.69) is 0 Å². The first-order chi connectivity index (χ1) is 4.66. The van der Waals surface area contributed by atoms with Crippen molar-refractivity contribution in [2.45, 2.75) is 25.6 Å². The Balaban J connectivity index is 2.53. The van der Waals surface area contributed by atoms with Crippen LogP contribution in [-0.4, -0.2) is 34.1 Å². The molecule has 0 unspecified atom stereocenters. The quantitative estimate of drug-likeness (QED) is 0.461. The van der Waals surface area contributed by atoms with Crippen molar-refractivity contribution in [3.05, 3.63) is 0 Å². The van der Waals surface area contributed by atoms with Crippen molar-refractivity contribution in [2.24, 2.45) is 11.8 Å². The molecule has 1 saturated carbocycles. The van der Waals surface area contributed by atoms with Crippen LogP contribution in [-0.2, 0) is 0 Å². The van der Waals surface area contributed by atoms with E-state index < -0.39 is 12.2 Å². The van der Waals surface area contributed by atoms with E-state index in [-0.39, 0.29) is 18.4 Å². The van der Waals surface area contributed by atoms with Crippen LogP contribution in [0.3, 0.4) is 0 Å². The molecule has 0 aromatic heterocycles. The second-order valence-corrected chi connectivity index (χ2v) is 3.14. The number of hydrogen-bond acceptors (Lipinski definition) is 3. The molecule has 0 aromatic rings. The zero-order chi connectivity index (χ0) is 7.72. The third-order valence-corrected chi connectivity index (χ3v) is 2.32. The van der Waals surface area contributed by atoms with Crippen LogP contribution in [0.2, 0.25) is 0 Å². The van der Waals surface area contributed by atoms with Crippen molar-refractivity contribution in [1.82, 2.24) is 0 Å². The minimum atomic E-state index is -0.722. The van der Waals surface area contributed by atoms with Crippen LogP contribution in [0.25, 0.3) is 0 Å². The van der Waals surface area contributed by atoms with Crippen LogP contribution < -0.4 is 0 Å². The molecule has 0 amide bonds. The molecule has 10 heavy (non-hydrogen) atoms. The number of rotatable bonds is 1. The molecule has 1 aliphatic rings. The number of hydrogen-bond donors (Lipinski definition) is 3. The highest BCUT2D eigenvalue weighted by molar-refractivity contribution is 4.88. The third kappa shape index (κ3) is 1.17. The van der Waals surface area contributed by atoms with E-state index >= 15 is 0 Å². The summed E-state index contributed by atoms with van der Waals surface area (Å²) in [7, 11) is 0. The lowest BCUT2D eigenvalue weighted by molar-refractivity contribution is -0.00366. The van der Waals surface area contributed by atoms with Crippen molar-refractivity contribution < 1.29 is 15.3 Å². The summed E-state index contributed by atoms with van der Waals surface area (Å²) in [6.45, 7) is 1.85. The lowest BCUT2D eigenvalue weighted by Gasteiger charge is -2.13. The maximum atomic E-state index is 9.22. The Morgan fingerprint density at radius 1 is 1.30 bits per heavy atom. The average Bonchev–Trinajstić information content (AvgIpc) is 2.17. The Labute approximate surface area is 60.3 Å². The van der Waals surface area contributed by atoms with Crippen LogP contribution >= 0.6 is 0 Å². The molecule has 1 fully saturated rings. The molecule has 60 valence electrons. The minimum absolute atomic E-state index is 0.0252. The summed E-state index contributed by atoms with van der Waals surface area (Å²) < 4.78 is 0. The lowest BCUT2D eigenvalue weighted by atomic mass is 10.1. The monoisotopic (exact) mass is 146 g/mol. The standard InChI is InChI=1S/C7H14O3/c1-4-2-5(3-8)7(10)6(4)9/h4-10H,2-3H2,1H3/t4-,5+,6-,7-/m0/s1. The number of aliphatic hydroxyl groups is 3. The second kappa shape index (κ2) is 2.86. The molecule has 3 heteroatoms. The molecule has 3 N–H and O–H groups in total. The van der Waals surface area contributed by atoms with Gasteiger partial charge in [0.25, 0.3) is 0 Å². The number of aliphatic hydroxyl groups excluding tert-OH is 3. The van der Waals surface area contributed by atoms with E-state index in [1.165, 1.54) is 0 Å². The molecule has 3 nitrogen and oxygen atoms in total. The van der Waals surface area contributed by atoms with Gasteiger partial charge in [-0.2, -0.15) is 0 Å². The van der Waals surface area contributed by atoms with Gasteiger partial charge in [-0.05, 0) is 12.3 Å². The van der Waals surface area contributed by atoms with E-state index in [1.54, 1.807) is 0 Å². The largest absolute Gasteiger partial charge is 0.396 e. The van der Waals surface area contributed by atoms with Crippen LogP contribution in [0.4, 0.5) is 0 Å². The molecule has 0 saturated heterocycles. The Morgan fingerprint density at radius 3 is 2.10 bits per heavy atom. The van der Waals surface area contributed by atoms with Gasteiger partial charge in [-0.15, -0.1) is 0 Å². The van der Waals surface area contributed by atoms with E-state index in [1.807, 2.05) is 6.92 Å². The van der Waals surface area contributed by atoms with Crippen LogP contribution in [0, 0.1) is 11.8 Å². The summed E-state index contributed by atoms with van der Waals surface area (Å²) in [5, 5.41) is 27.1. The Morgan fingerprint density at radius 2 is 1.90 bits per heavy atom. The molecule has 1 aliphatic carbocycles. The molecule has 4 atom stereocenters. The fourth-order valence-electron chi connectivity index (χ4n) is 1.55. The summed E-state index contributed by atoms with van der Waals surface area (Å²) >= 11 is 0. The third-order valence-electron chi connectivity index (χ3n) is 2.32. The van der Waals surface area contributed by atoms with Crippen LogP contribution in [0.1, 0.15) is 13.3 Å². The summed E-state index contributed by atoms with van der Waals surface area (Å²) in [5.41, 5.74) is 0. The fraction of sp³-hybridized carbons (Fsp3) is 1.00. The first kappa shape index (κ1) is 7.98. The summed E-state index contributed by atoms with van der Waals surface area (Å²) in [6.07, 6.45) is -0.643. The SMILES string of the molecule is C[C@H]1C[C@H](CO)[C@H](O)[C@H]1O. The molecular weight excluding hydrogens is 132 g/mol. The first-order valence-corrected chi connectivity index (χ1v) is 3.63. The van der Waals surface area contributed by atoms with Crippen LogP contribution in [0.5, 0.6) is 0 Å². The Kier molecular flexibility index (Phi) is 2.28. The average molecular weight is 146 g/mol. The first-order valence-electron chi connectivity index (χ1n) is 3.63. The van der Waals surface area contributed by atoms with Crippen molar-refractivity contribution >= 4 is 0 Å². The predicted molar refractivity (Wildman–Crippen MR) is 36.4 cm³/mol. The van der Waals surface area contributed by atoms with Crippen molar-refractivity contribution in [2.75, 3.05) is 6.61 Å². The summed E-state index contributed by atoms with van der Waals surface area (Å²) in [6, 6.07) is 0. The Hall–Kier alpha value is -0.120. The van der Waals surface area contributed by atoms with Gasteiger partial charge in [0.05, 0.1) is 12.2 Å². The minimum Gasteiger partial charge on any atom is -0.396 e. The topological polar surface area (TPSA) is 60.7 Å². The van der Waals surface area contributed by atoms with Gasteiger partial charge in [-0.25, -0.2) is 0 Å². The lowest BCUT2D eigenvalue weighted by Crippen LogP contribution is -2.28. The molecule has 0 bridgehead atoms. The molecule has 0 spiro atoms. The summed E-state index contributed by atoms with van der Waals surface area (Å²) in [5.74, 6) is -0.00264. The van der Waals surface area contributed by atoms with Crippen molar-refractivity contribution in [1.29, 1.82) is 0 Å². The van der Waals surface area contributed by atoms with Gasteiger partial charge in [-0.3, -0.25) is 0 Å². The maximum Gasteiger partial charge on any atom is 0.0851 e. The van der Waals surface area contributed by atoms with Gasteiger partial charge in [0.2, 0.25) is 0 Å². The molecular formula is C7H14O3. The van der Waals surface area contributed by atoms with Crippen molar-refractivity contribution in [3.8, 4) is 0 Å². The maximum absolute atomic E-state index is 9.22. The Bertz CT molecular complexity index is 115. The van der Waals surface area contributed by atoms with Crippen molar-refractivity contribution in [3.63, 3.8) is 0 Å². The predicted octanol–water partition coefficient (Wildman–Crippen LogP) is -0.643. The zero-order valence-electron chi connectivity index (χ0n) is 6.07. The van der Waals surface area contributed by atoms with Gasteiger partial charge in [0, 0.05) is 12.5 Å². The van der Waals surface area contributed by atoms with Gasteiger partial charge in [0.1, 0.15) is 0 Å². The van der Waals surface area contributed by atoms with Gasteiger partial charge >= 0.3 is 0 Å². The van der Waals surface area contributed by atoms with E-state index in [9.17, 15) is 10.2 Å². The van der Waals surface area contributed by atoms with Gasteiger partial charge in [-0.1, -0.05) is 6.92 Å². The molecule has 0 aliphatic heterocycles. The highest BCUT2D eigenvalue weighted by Gasteiger charge is 2.38. The van der Waals surface area contributed by atoms with E-state index in [4.69, 9.17) is 5.11 Å². The summed E-state index contributed by atoms with van der Waals surface area (Å²) in [4.78, 5) is 0. The van der Waals surface area contributed by atoms with Gasteiger partial charge in [0.15, 0.2) is 0 Å². The fourth-order valence-corrected chi connectivity index (χ4v) is 1.55. The highest BCUT2D eigenvalue weighted by atomic mass is 16.3. The van der Waals surface area contributed by atoms with E-state index in [0.717, 1.165) is 6.42 Å². The smallest absolute Gasteiger partial charge is 0.0851 e. The second-order valence-electron chi connectivity index (χ2n) is 3.14. The highest BCUT2D eigenvalue weighted by Crippen LogP contribution is 2.30. The van der Waals surface area contributed by atoms with Crippen LogP contribution in [0.15, 0.2) is 0 Å². The molecule has 0 heterocycles. The molecule has 0 radical (unpaired) electrons. The van der Waals surface area contributed by atoms with Gasteiger partial charge < -0.3 is 15.3 Å². The molecule has 1 rings (SSSR count).